The molecule has 1 heterocycles. The number of rotatable bonds is 1. The molecule has 0 amide bonds. The molecule has 2 aromatic rings. The summed E-state index contributed by atoms with van der Waals surface area (Å²) in [6, 6.07) is 16.1. The van der Waals surface area contributed by atoms with E-state index in [1.165, 1.54) is 34.9 Å². The number of hydrogen-bond donors (Lipinski definition) is 0. The van der Waals surface area contributed by atoms with Gasteiger partial charge in [-0.2, -0.15) is 0 Å². The summed E-state index contributed by atoms with van der Waals surface area (Å²) >= 11 is 0. The molecule has 1 nitrogen and oxygen atoms in total. The molecule has 1 aliphatic rings. The van der Waals surface area contributed by atoms with Gasteiger partial charge in [0.05, 0.1) is 0 Å². The minimum atomic E-state index is 0. The first-order chi connectivity index (χ1) is 8.67. The molecule has 101 valence electrons. The molecule has 0 unspecified atom stereocenters. The molecule has 0 atom stereocenters. The van der Waals surface area contributed by atoms with Crippen molar-refractivity contribution in [2.75, 3.05) is 6.54 Å². The Kier molecular flexibility index (Phi) is 4.22. The van der Waals surface area contributed by atoms with Gasteiger partial charge >= 0.3 is 0 Å². The van der Waals surface area contributed by atoms with Crippen LogP contribution in [0.15, 0.2) is 41.4 Å². The van der Waals surface area contributed by atoms with Crippen molar-refractivity contribution in [3.8, 4) is 0 Å². The maximum Gasteiger partial charge on any atom is 0.0285 e. The van der Waals surface area contributed by atoms with Gasteiger partial charge in [-0.25, -0.2) is 0 Å². The van der Waals surface area contributed by atoms with Crippen LogP contribution in [-0.4, -0.2) is 12.3 Å². The van der Waals surface area contributed by atoms with Gasteiger partial charge in [-0.3, -0.25) is 0 Å². The van der Waals surface area contributed by atoms with Gasteiger partial charge in [0.25, 0.3) is 0 Å². The standard InChI is InChI=1S/C17H18N.Ir/c1-17(2)10-5-11-18-16(17)15-9-8-13-6-3-4-7-14(13)12-15;/h3-4,6-8,12H,5,10-11H2,1-2H3;/q-1;. The average molecular weight is 429 g/mol. The topological polar surface area (TPSA) is 12.4 Å². The summed E-state index contributed by atoms with van der Waals surface area (Å²) in [5.74, 6) is 0. The predicted octanol–water partition coefficient (Wildman–Crippen LogP) is 4.25. The monoisotopic (exact) mass is 429 g/mol. The summed E-state index contributed by atoms with van der Waals surface area (Å²) in [4.78, 5) is 4.74. The van der Waals surface area contributed by atoms with Crippen molar-refractivity contribution in [2.45, 2.75) is 26.7 Å². The first-order valence-corrected chi connectivity index (χ1v) is 6.63. The predicted molar refractivity (Wildman–Crippen MR) is 77.2 cm³/mol. The molecule has 1 radical (unpaired) electrons. The van der Waals surface area contributed by atoms with Gasteiger partial charge in [0, 0.05) is 26.7 Å². The molecule has 0 spiro atoms. The Morgan fingerprint density at radius 2 is 1.89 bits per heavy atom. The molecular formula is C17H18IrN-. The molecule has 0 fully saturated rings. The molecule has 3 rings (SSSR count). The Labute approximate surface area is 128 Å². The summed E-state index contributed by atoms with van der Waals surface area (Å²) in [5, 5.41) is 2.52. The van der Waals surface area contributed by atoms with E-state index in [1.54, 1.807) is 0 Å². The summed E-state index contributed by atoms with van der Waals surface area (Å²) < 4.78 is 0. The number of nitrogens with zero attached hydrogens (tertiary/aromatic N) is 1. The molecule has 0 aromatic heterocycles. The smallest absolute Gasteiger partial charge is 0.0285 e. The maximum atomic E-state index is 4.74. The van der Waals surface area contributed by atoms with Gasteiger partial charge in [-0.15, -0.1) is 29.1 Å². The Hall–Kier alpha value is -0.981. The van der Waals surface area contributed by atoms with Crippen molar-refractivity contribution in [2.24, 2.45) is 10.4 Å². The zero-order chi connectivity index (χ0) is 12.6. The van der Waals surface area contributed by atoms with E-state index >= 15 is 0 Å². The molecule has 0 saturated heterocycles. The van der Waals surface area contributed by atoms with E-state index in [4.69, 9.17) is 4.99 Å². The van der Waals surface area contributed by atoms with Crippen LogP contribution in [0.2, 0.25) is 0 Å². The molecule has 0 bridgehead atoms. The second-order valence-corrected chi connectivity index (χ2v) is 5.69. The molecule has 2 heteroatoms. The summed E-state index contributed by atoms with van der Waals surface area (Å²) in [5.41, 5.74) is 2.56. The third-order valence-corrected chi connectivity index (χ3v) is 3.81. The largest absolute Gasteiger partial charge is 0.337 e. The molecule has 2 aromatic carbocycles. The minimum absolute atomic E-state index is 0. The zero-order valence-electron chi connectivity index (χ0n) is 11.4. The number of hydrogen-bond acceptors (Lipinski definition) is 1. The summed E-state index contributed by atoms with van der Waals surface area (Å²) in [7, 11) is 0. The second kappa shape index (κ2) is 5.56. The van der Waals surface area contributed by atoms with E-state index in [9.17, 15) is 0 Å². The minimum Gasteiger partial charge on any atom is -0.337 e. The van der Waals surface area contributed by atoms with E-state index < -0.39 is 0 Å². The molecule has 0 aliphatic carbocycles. The quantitative estimate of drug-likeness (QED) is 0.603. The Bertz CT molecular complexity index is 613. The molecule has 1 aliphatic heterocycles. The van der Waals surface area contributed by atoms with Gasteiger partial charge in [-0.1, -0.05) is 43.5 Å². The first-order valence-electron chi connectivity index (χ1n) is 6.63. The summed E-state index contributed by atoms with van der Waals surface area (Å²) in [6.45, 7) is 5.53. The van der Waals surface area contributed by atoms with Crippen LogP contribution in [0, 0.1) is 11.5 Å². The van der Waals surface area contributed by atoms with E-state index in [0.29, 0.717) is 0 Å². The van der Waals surface area contributed by atoms with Crippen LogP contribution in [0.5, 0.6) is 0 Å². The van der Waals surface area contributed by atoms with Crippen LogP contribution in [0.3, 0.4) is 0 Å². The van der Waals surface area contributed by atoms with Crippen LogP contribution in [0.1, 0.15) is 32.3 Å². The molecular weight excluding hydrogens is 410 g/mol. The van der Waals surface area contributed by atoms with Crippen LogP contribution in [0.25, 0.3) is 10.8 Å². The first kappa shape index (κ1) is 14.4. The summed E-state index contributed by atoms with van der Waals surface area (Å²) in [6.07, 6.45) is 2.41. The normalized spacial score (nSPS) is 17.7. The van der Waals surface area contributed by atoms with Crippen molar-refractivity contribution in [1.29, 1.82) is 0 Å². The van der Waals surface area contributed by atoms with Gasteiger partial charge in [0.2, 0.25) is 0 Å². The van der Waals surface area contributed by atoms with Crippen molar-refractivity contribution < 1.29 is 20.1 Å². The van der Waals surface area contributed by atoms with Gasteiger partial charge in [0.15, 0.2) is 0 Å². The van der Waals surface area contributed by atoms with Crippen molar-refractivity contribution in [3.05, 3.63) is 48.0 Å². The second-order valence-electron chi connectivity index (χ2n) is 5.69. The van der Waals surface area contributed by atoms with Gasteiger partial charge in [-0.05, 0) is 24.0 Å². The third kappa shape index (κ3) is 2.80. The van der Waals surface area contributed by atoms with Crippen LogP contribution in [-0.2, 0) is 20.1 Å². The van der Waals surface area contributed by atoms with Crippen molar-refractivity contribution in [1.82, 2.24) is 0 Å². The number of fused-ring (bicyclic) bond motifs is 1. The van der Waals surface area contributed by atoms with Crippen LogP contribution >= 0.6 is 0 Å². The van der Waals surface area contributed by atoms with E-state index in [0.717, 1.165) is 6.54 Å². The average Bonchev–Trinajstić information content (AvgIpc) is 2.38. The fraction of sp³-hybridized carbons (Fsp3) is 0.353. The SMILES string of the molecule is CC1(C)CCCN=C1c1[c-]cc2ccccc2c1.[Ir]. The van der Waals surface area contributed by atoms with Crippen molar-refractivity contribution >= 4 is 16.5 Å². The van der Waals surface area contributed by atoms with Crippen LogP contribution in [0.4, 0.5) is 0 Å². The van der Waals surface area contributed by atoms with Crippen molar-refractivity contribution in [3.63, 3.8) is 0 Å². The fourth-order valence-electron chi connectivity index (χ4n) is 2.76. The Morgan fingerprint density at radius 3 is 2.63 bits per heavy atom. The van der Waals surface area contributed by atoms with E-state index in [2.05, 4.69) is 56.3 Å². The Balaban J connectivity index is 0.00000133. The zero-order valence-corrected chi connectivity index (χ0v) is 13.8. The van der Waals surface area contributed by atoms with E-state index in [-0.39, 0.29) is 25.5 Å². The third-order valence-electron chi connectivity index (χ3n) is 3.81. The molecule has 0 saturated carbocycles. The number of benzene rings is 2. The molecule has 19 heavy (non-hydrogen) atoms. The van der Waals surface area contributed by atoms with Gasteiger partial charge in [0.1, 0.15) is 0 Å². The number of aliphatic imine (C=N–C) groups is 1. The van der Waals surface area contributed by atoms with Gasteiger partial charge < -0.3 is 4.99 Å². The fourth-order valence-corrected chi connectivity index (χ4v) is 2.76. The Morgan fingerprint density at radius 1 is 1.16 bits per heavy atom. The maximum absolute atomic E-state index is 4.74. The molecule has 0 N–H and O–H groups in total. The van der Waals surface area contributed by atoms with Crippen LogP contribution < -0.4 is 0 Å². The van der Waals surface area contributed by atoms with E-state index in [1.807, 2.05) is 0 Å².